The molecule has 6 rings (SSSR count). The normalized spacial score (nSPS) is 26.7. The van der Waals surface area contributed by atoms with Gasteiger partial charge in [-0.1, -0.05) is 6.92 Å². The van der Waals surface area contributed by atoms with E-state index in [-0.39, 0.29) is 22.6 Å². The second-order valence-electron chi connectivity index (χ2n) is 7.79. The molecule has 2 aliphatic rings. The summed E-state index contributed by atoms with van der Waals surface area (Å²) in [7, 11) is 0. The van der Waals surface area contributed by atoms with Crippen LogP contribution >= 0.6 is 0 Å². The van der Waals surface area contributed by atoms with Crippen LogP contribution in [0.1, 0.15) is 32.3 Å². The summed E-state index contributed by atoms with van der Waals surface area (Å²) in [4.78, 5) is 0. The Balaban J connectivity index is 1.99. The van der Waals surface area contributed by atoms with E-state index >= 15 is 0 Å². The van der Waals surface area contributed by atoms with Gasteiger partial charge in [-0.2, -0.15) is 4.40 Å². The van der Waals surface area contributed by atoms with E-state index in [9.17, 15) is 8.78 Å². The van der Waals surface area contributed by atoms with Crippen molar-refractivity contribution in [3.63, 3.8) is 0 Å². The van der Waals surface area contributed by atoms with Crippen molar-refractivity contribution in [1.82, 2.24) is 4.40 Å². The topological polar surface area (TPSA) is 8.29 Å². The zero-order chi connectivity index (χ0) is 17.1. The average Bonchev–Trinajstić information content (AvgIpc) is 3.00. The van der Waals surface area contributed by atoms with Crippen LogP contribution in [-0.4, -0.2) is 4.40 Å². The molecule has 0 spiro atoms. The Hall–Kier alpha value is -2.49. The fraction of sp³-hybridized carbons (Fsp3) is 0.286. The third-order valence-electron chi connectivity index (χ3n) is 6.86. The Bertz CT molecular complexity index is 1260. The monoisotopic (exact) mass is 335 g/mol. The highest BCUT2D eigenvalue weighted by Crippen LogP contribution is 2.65. The summed E-state index contributed by atoms with van der Waals surface area (Å²) in [5.74, 6) is -0.531. The maximum absolute atomic E-state index is 14.6. The van der Waals surface area contributed by atoms with Crippen LogP contribution in [0.4, 0.5) is 8.78 Å². The first-order chi connectivity index (χ1) is 12.0. The van der Waals surface area contributed by atoms with Gasteiger partial charge in [-0.3, -0.25) is 0 Å². The summed E-state index contributed by atoms with van der Waals surface area (Å²) in [5, 5.41) is 2.65. The molecule has 0 bridgehead atoms. The van der Waals surface area contributed by atoms with Gasteiger partial charge < -0.3 is 0 Å². The molecule has 0 radical (unpaired) electrons. The average molecular weight is 335 g/mol. The Morgan fingerprint density at radius 1 is 1.12 bits per heavy atom. The van der Waals surface area contributed by atoms with Crippen LogP contribution in [0.2, 0.25) is 0 Å². The fourth-order valence-corrected chi connectivity index (χ4v) is 5.54. The largest absolute Gasteiger partial charge is 0.295 e. The van der Waals surface area contributed by atoms with E-state index in [0.29, 0.717) is 0 Å². The maximum Gasteiger partial charge on any atom is 0.295 e. The summed E-state index contributed by atoms with van der Waals surface area (Å²) >= 11 is 0. The van der Waals surface area contributed by atoms with E-state index in [1.165, 1.54) is 12.1 Å². The number of hydrogen-bond donors (Lipinski definition) is 0. The highest BCUT2D eigenvalue weighted by molar-refractivity contribution is 6.13. The number of nitrogens with zero attached hydrogens (tertiary/aromatic N) is 2. The first-order valence-electron chi connectivity index (χ1n) is 8.78. The Labute approximate surface area is 143 Å². The molecule has 2 aromatic carbocycles. The summed E-state index contributed by atoms with van der Waals surface area (Å²) in [6.45, 7) is 4.45. The lowest BCUT2D eigenvalue weighted by molar-refractivity contribution is -0.716. The van der Waals surface area contributed by atoms with Gasteiger partial charge in [0.25, 0.3) is 5.65 Å². The smallest absolute Gasteiger partial charge is 0.224 e. The number of benzene rings is 2. The minimum absolute atomic E-state index is 0.0159. The van der Waals surface area contributed by atoms with Crippen molar-refractivity contribution in [2.75, 3.05) is 0 Å². The molecule has 1 aliphatic heterocycles. The number of fused-ring (bicyclic) bond motifs is 6. The molecule has 3 heterocycles. The van der Waals surface area contributed by atoms with Crippen LogP contribution in [0, 0.1) is 11.6 Å². The van der Waals surface area contributed by atoms with Crippen LogP contribution < -0.4 is 4.57 Å². The lowest BCUT2D eigenvalue weighted by Gasteiger charge is -2.26. The summed E-state index contributed by atoms with van der Waals surface area (Å²) in [6.07, 6.45) is 6.16. The van der Waals surface area contributed by atoms with Gasteiger partial charge in [-0.05, 0) is 49.2 Å². The third kappa shape index (κ3) is 1.30. The SMILES string of the molecule is CCC12CC1(C)[n+]1ccn3c4ccc(F)cc4c4cc(F)cc2c4c31. The second kappa shape index (κ2) is 3.85. The van der Waals surface area contributed by atoms with E-state index in [0.717, 1.165) is 45.7 Å². The fourth-order valence-electron chi connectivity index (χ4n) is 5.54. The van der Waals surface area contributed by atoms with Crippen LogP contribution in [0.3, 0.4) is 0 Å². The Kier molecular flexibility index (Phi) is 2.12. The van der Waals surface area contributed by atoms with Gasteiger partial charge in [0.15, 0.2) is 0 Å². The lowest BCUT2D eigenvalue weighted by Crippen LogP contribution is -2.50. The number of pyridine rings is 1. The van der Waals surface area contributed by atoms with Crippen molar-refractivity contribution >= 4 is 27.3 Å². The highest BCUT2D eigenvalue weighted by Gasteiger charge is 2.72. The van der Waals surface area contributed by atoms with Gasteiger partial charge in [0.05, 0.1) is 5.39 Å². The lowest BCUT2D eigenvalue weighted by atomic mass is 9.82. The van der Waals surface area contributed by atoms with Gasteiger partial charge >= 0.3 is 0 Å². The molecule has 0 N–H and O–H groups in total. The van der Waals surface area contributed by atoms with E-state index in [2.05, 4.69) is 35.2 Å². The summed E-state index contributed by atoms with van der Waals surface area (Å²) in [6, 6.07) is 8.05. The maximum atomic E-state index is 14.6. The Morgan fingerprint density at radius 2 is 1.92 bits per heavy atom. The quantitative estimate of drug-likeness (QED) is 0.355. The van der Waals surface area contributed by atoms with E-state index in [1.54, 1.807) is 18.2 Å². The molecule has 124 valence electrons. The molecule has 0 saturated heterocycles. The molecule has 2 atom stereocenters. The van der Waals surface area contributed by atoms with Gasteiger partial charge in [0.1, 0.15) is 35.1 Å². The van der Waals surface area contributed by atoms with Crippen molar-refractivity contribution < 1.29 is 13.3 Å². The minimum Gasteiger partial charge on any atom is -0.224 e. The predicted octanol–water partition coefficient (Wildman–Crippen LogP) is 4.59. The zero-order valence-corrected chi connectivity index (χ0v) is 14.1. The standard InChI is InChI=1S/C21H17F2N2/c1-3-21-11-20(21,2)25-7-6-24-17-5-4-12(22)8-14(17)15-9-13(23)10-16(21)18(15)19(24)25/h4-10H,3,11H2,1-2H3/q+1. The van der Waals surface area contributed by atoms with Crippen LogP contribution in [0.15, 0.2) is 42.7 Å². The molecule has 2 aromatic heterocycles. The number of rotatable bonds is 1. The Morgan fingerprint density at radius 3 is 2.72 bits per heavy atom. The van der Waals surface area contributed by atoms with Gasteiger partial charge in [-0.25, -0.2) is 13.3 Å². The predicted molar refractivity (Wildman–Crippen MR) is 92.8 cm³/mol. The molecular formula is C21H17F2N2+. The molecule has 2 nitrogen and oxygen atoms in total. The van der Waals surface area contributed by atoms with Crippen molar-refractivity contribution in [1.29, 1.82) is 0 Å². The summed E-state index contributed by atoms with van der Waals surface area (Å²) in [5.41, 5.74) is 3.04. The zero-order valence-electron chi connectivity index (χ0n) is 14.1. The summed E-state index contributed by atoms with van der Waals surface area (Å²) < 4.78 is 33.0. The number of imidazole rings is 1. The van der Waals surface area contributed by atoms with Gasteiger partial charge in [0.2, 0.25) is 0 Å². The van der Waals surface area contributed by atoms with Crippen LogP contribution in [0.5, 0.6) is 0 Å². The third-order valence-corrected chi connectivity index (χ3v) is 6.86. The van der Waals surface area contributed by atoms with Crippen molar-refractivity contribution in [2.45, 2.75) is 37.6 Å². The molecule has 0 amide bonds. The second-order valence-corrected chi connectivity index (χ2v) is 7.79. The first-order valence-corrected chi connectivity index (χ1v) is 8.78. The minimum atomic E-state index is -0.294. The molecule has 25 heavy (non-hydrogen) atoms. The van der Waals surface area contributed by atoms with E-state index in [4.69, 9.17) is 0 Å². The van der Waals surface area contributed by atoms with Crippen molar-refractivity contribution in [2.24, 2.45) is 0 Å². The number of halogens is 2. The molecule has 4 aromatic rings. The highest BCUT2D eigenvalue weighted by atomic mass is 19.1. The van der Waals surface area contributed by atoms with Crippen LogP contribution in [-0.2, 0) is 11.0 Å². The molecule has 2 unspecified atom stereocenters. The van der Waals surface area contributed by atoms with E-state index < -0.39 is 0 Å². The molecule has 1 saturated carbocycles. The van der Waals surface area contributed by atoms with Gasteiger partial charge in [0, 0.05) is 22.6 Å². The first kappa shape index (κ1) is 13.8. The van der Waals surface area contributed by atoms with Gasteiger partial charge in [-0.15, -0.1) is 0 Å². The number of aromatic nitrogens is 2. The molecule has 1 fully saturated rings. The van der Waals surface area contributed by atoms with Crippen LogP contribution in [0.25, 0.3) is 27.3 Å². The molecular weight excluding hydrogens is 318 g/mol. The molecule has 1 aliphatic carbocycles. The molecule has 4 heteroatoms. The number of hydrogen-bond acceptors (Lipinski definition) is 0. The van der Waals surface area contributed by atoms with Crippen molar-refractivity contribution in [3.8, 4) is 0 Å². The van der Waals surface area contributed by atoms with Crippen molar-refractivity contribution in [3.05, 3.63) is 59.9 Å². The van der Waals surface area contributed by atoms with E-state index in [1.807, 2.05) is 0 Å².